The molecule has 1 unspecified atom stereocenters. The Morgan fingerprint density at radius 2 is 2.07 bits per heavy atom. The zero-order chi connectivity index (χ0) is 9.97. The number of amides is 1. The van der Waals surface area contributed by atoms with Gasteiger partial charge in [0.25, 0.3) is 0 Å². The molecular weight excluding hydrogens is 180 g/mol. The summed E-state index contributed by atoms with van der Waals surface area (Å²) in [5.74, 6) is -0.0586. The Kier molecular flexibility index (Phi) is 2.37. The van der Waals surface area contributed by atoms with Crippen LogP contribution in [0.25, 0.3) is 0 Å². The van der Waals surface area contributed by atoms with Crippen LogP contribution in [-0.2, 0) is 9.53 Å². The van der Waals surface area contributed by atoms with E-state index in [0.29, 0.717) is 6.54 Å². The van der Waals surface area contributed by atoms with Gasteiger partial charge >= 0.3 is 0 Å². The predicted octanol–water partition coefficient (Wildman–Crippen LogP) is 0.456. The maximum Gasteiger partial charge on any atom is 0.246 e. The first-order valence-corrected chi connectivity index (χ1v) is 4.49. The van der Waals surface area contributed by atoms with E-state index in [9.17, 15) is 4.79 Å². The monoisotopic (exact) mass is 192 g/mol. The summed E-state index contributed by atoms with van der Waals surface area (Å²) < 4.78 is 5.36. The molecular formula is C10H12N2O2. The lowest BCUT2D eigenvalue weighted by atomic mass is 10.1. The molecule has 2 rings (SSSR count). The minimum atomic E-state index is -0.0586. The molecule has 1 fully saturated rings. The predicted molar refractivity (Wildman–Crippen MR) is 52.6 cm³/mol. The maximum atomic E-state index is 10.8. The van der Waals surface area contributed by atoms with Crippen molar-refractivity contribution in [3.05, 3.63) is 29.8 Å². The Hall–Kier alpha value is -1.55. The molecule has 1 atom stereocenters. The van der Waals surface area contributed by atoms with Crippen LogP contribution in [0.4, 0.5) is 5.69 Å². The highest BCUT2D eigenvalue weighted by Gasteiger charge is 2.19. The summed E-state index contributed by atoms with van der Waals surface area (Å²) >= 11 is 0. The summed E-state index contributed by atoms with van der Waals surface area (Å²) in [6, 6.07) is 7.49. The number of hydrogen-bond donors (Lipinski definition) is 2. The van der Waals surface area contributed by atoms with Crippen molar-refractivity contribution in [2.45, 2.75) is 6.10 Å². The van der Waals surface area contributed by atoms with Gasteiger partial charge in [0.15, 0.2) is 0 Å². The second-order valence-corrected chi connectivity index (χ2v) is 3.27. The quantitative estimate of drug-likeness (QED) is 0.635. The number of nitrogens with one attached hydrogen (secondary N) is 1. The number of carbonyl (C=O) groups excluding carboxylic acids is 1. The van der Waals surface area contributed by atoms with Gasteiger partial charge in [0, 0.05) is 12.2 Å². The van der Waals surface area contributed by atoms with E-state index in [1.54, 1.807) is 0 Å². The first-order chi connectivity index (χ1) is 6.75. The standard InChI is InChI=1S/C10H12N2O2/c11-8-3-1-7(2-4-8)9-5-12-10(13)6-14-9/h1-4,9H,5-6,11H2,(H,12,13). The van der Waals surface area contributed by atoms with E-state index in [4.69, 9.17) is 10.5 Å². The summed E-state index contributed by atoms with van der Waals surface area (Å²) in [5, 5.41) is 2.75. The Bertz CT molecular complexity index is 324. The molecule has 1 heterocycles. The van der Waals surface area contributed by atoms with Gasteiger partial charge in [0.2, 0.25) is 5.91 Å². The average Bonchev–Trinajstić information content (AvgIpc) is 2.21. The van der Waals surface area contributed by atoms with Crippen LogP contribution in [0.3, 0.4) is 0 Å². The summed E-state index contributed by atoms with van der Waals surface area (Å²) in [6.45, 7) is 0.664. The number of carbonyl (C=O) groups is 1. The minimum Gasteiger partial charge on any atom is -0.399 e. The van der Waals surface area contributed by atoms with E-state index in [0.717, 1.165) is 11.3 Å². The lowest BCUT2D eigenvalue weighted by Crippen LogP contribution is -2.38. The third kappa shape index (κ3) is 1.85. The van der Waals surface area contributed by atoms with Gasteiger partial charge < -0.3 is 15.8 Å². The van der Waals surface area contributed by atoms with Gasteiger partial charge in [-0.25, -0.2) is 0 Å². The summed E-state index contributed by atoms with van der Waals surface area (Å²) in [4.78, 5) is 10.8. The molecule has 0 aliphatic carbocycles. The fraction of sp³-hybridized carbons (Fsp3) is 0.300. The molecule has 4 nitrogen and oxygen atoms in total. The molecule has 1 aromatic carbocycles. The van der Waals surface area contributed by atoms with Crippen LogP contribution in [0, 0.1) is 0 Å². The topological polar surface area (TPSA) is 64.3 Å². The van der Waals surface area contributed by atoms with Crippen molar-refractivity contribution in [2.75, 3.05) is 18.9 Å². The van der Waals surface area contributed by atoms with Crippen LogP contribution >= 0.6 is 0 Å². The van der Waals surface area contributed by atoms with Crippen LogP contribution in [-0.4, -0.2) is 19.1 Å². The summed E-state index contributed by atoms with van der Waals surface area (Å²) in [6.07, 6.45) is -0.0479. The van der Waals surface area contributed by atoms with Crippen molar-refractivity contribution in [1.29, 1.82) is 0 Å². The highest BCUT2D eigenvalue weighted by atomic mass is 16.5. The van der Waals surface area contributed by atoms with E-state index in [-0.39, 0.29) is 18.6 Å². The lowest BCUT2D eigenvalue weighted by molar-refractivity contribution is -0.133. The molecule has 1 aromatic rings. The van der Waals surface area contributed by atoms with Crippen molar-refractivity contribution in [3.63, 3.8) is 0 Å². The van der Waals surface area contributed by atoms with Crippen LogP contribution in [0.2, 0.25) is 0 Å². The van der Waals surface area contributed by atoms with E-state index < -0.39 is 0 Å². The Morgan fingerprint density at radius 1 is 1.36 bits per heavy atom. The zero-order valence-electron chi connectivity index (χ0n) is 7.69. The number of benzene rings is 1. The second kappa shape index (κ2) is 3.67. The van der Waals surface area contributed by atoms with Crippen LogP contribution in [0.5, 0.6) is 0 Å². The van der Waals surface area contributed by atoms with Gasteiger partial charge in [-0.1, -0.05) is 12.1 Å². The van der Waals surface area contributed by atoms with Gasteiger partial charge in [0.05, 0.1) is 0 Å². The number of morpholine rings is 1. The molecule has 0 bridgehead atoms. The van der Waals surface area contributed by atoms with E-state index >= 15 is 0 Å². The third-order valence-electron chi connectivity index (χ3n) is 2.21. The highest BCUT2D eigenvalue weighted by Crippen LogP contribution is 2.19. The SMILES string of the molecule is Nc1ccc(C2CNC(=O)CO2)cc1. The number of anilines is 1. The van der Waals surface area contributed by atoms with Gasteiger partial charge in [-0.05, 0) is 17.7 Å². The van der Waals surface area contributed by atoms with Crippen molar-refractivity contribution in [1.82, 2.24) is 5.32 Å². The number of nitrogen functional groups attached to an aromatic ring is 1. The molecule has 14 heavy (non-hydrogen) atoms. The Labute approximate surface area is 82.1 Å². The fourth-order valence-electron chi connectivity index (χ4n) is 1.42. The molecule has 74 valence electrons. The summed E-state index contributed by atoms with van der Waals surface area (Å²) in [5.41, 5.74) is 7.34. The van der Waals surface area contributed by atoms with Crippen molar-refractivity contribution < 1.29 is 9.53 Å². The van der Waals surface area contributed by atoms with Crippen LogP contribution < -0.4 is 11.1 Å². The number of ether oxygens (including phenoxy) is 1. The third-order valence-corrected chi connectivity index (χ3v) is 2.21. The van der Waals surface area contributed by atoms with Gasteiger partial charge in [0.1, 0.15) is 12.7 Å². The van der Waals surface area contributed by atoms with Gasteiger partial charge in [-0.3, -0.25) is 4.79 Å². The van der Waals surface area contributed by atoms with Crippen LogP contribution in [0.15, 0.2) is 24.3 Å². The molecule has 3 N–H and O–H groups in total. The molecule has 1 aliphatic heterocycles. The molecule has 1 aliphatic rings. The normalized spacial score (nSPS) is 21.7. The lowest BCUT2D eigenvalue weighted by Gasteiger charge is -2.23. The Balaban J connectivity index is 2.08. The number of hydrogen-bond acceptors (Lipinski definition) is 3. The minimum absolute atomic E-state index is 0.0479. The first kappa shape index (κ1) is 9.02. The summed E-state index contributed by atoms with van der Waals surface area (Å²) in [7, 11) is 0. The smallest absolute Gasteiger partial charge is 0.246 e. The molecule has 1 saturated heterocycles. The number of rotatable bonds is 1. The molecule has 0 radical (unpaired) electrons. The van der Waals surface area contributed by atoms with Crippen molar-refractivity contribution >= 4 is 11.6 Å². The number of nitrogens with two attached hydrogens (primary N) is 1. The largest absolute Gasteiger partial charge is 0.399 e. The van der Waals surface area contributed by atoms with Crippen LogP contribution in [0.1, 0.15) is 11.7 Å². The molecule has 4 heteroatoms. The highest BCUT2D eigenvalue weighted by molar-refractivity contribution is 5.77. The molecule has 0 spiro atoms. The van der Waals surface area contributed by atoms with Gasteiger partial charge in [-0.2, -0.15) is 0 Å². The first-order valence-electron chi connectivity index (χ1n) is 4.49. The fourth-order valence-corrected chi connectivity index (χ4v) is 1.42. The molecule has 1 amide bonds. The molecule has 0 aromatic heterocycles. The average molecular weight is 192 g/mol. The van der Waals surface area contributed by atoms with Gasteiger partial charge in [-0.15, -0.1) is 0 Å². The second-order valence-electron chi connectivity index (χ2n) is 3.27. The van der Waals surface area contributed by atoms with Crippen molar-refractivity contribution in [2.24, 2.45) is 0 Å². The zero-order valence-corrected chi connectivity index (χ0v) is 7.69. The molecule has 0 saturated carbocycles. The van der Waals surface area contributed by atoms with E-state index in [2.05, 4.69) is 5.32 Å². The van der Waals surface area contributed by atoms with E-state index in [1.807, 2.05) is 24.3 Å². The van der Waals surface area contributed by atoms with E-state index in [1.165, 1.54) is 0 Å². The maximum absolute atomic E-state index is 10.8. The van der Waals surface area contributed by atoms with Crippen molar-refractivity contribution in [3.8, 4) is 0 Å². The Morgan fingerprint density at radius 3 is 2.64 bits per heavy atom.